The van der Waals surface area contributed by atoms with Crippen LogP contribution in [-0.4, -0.2) is 10.8 Å². The van der Waals surface area contributed by atoms with Crippen molar-refractivity contribution in [3.63, 3.8) is 0 Å². The van der Waals surface area contributed by atoms with Crippen LogP contribution >= 0.6 is 11.6 Å². The number of hydrogen-bond acceptors (Lipinski definition) is 2. The van der Waals surface area contributed by atoms with Gasteiger partial charge in [0.05, 0.1) is 11.4 Å². The van der Waals surface area contributed by atoms with E-state index in [4.69, 9.17) is 11.6 Å². The Balaban J connectivity index is 1.97. The third kappa shape index (κ3) is 3.12. The Kier molecular flexibility index (Phi) is 4.51. The van der Waals surface area contributed by atoms with Crippen molar-refractivity contribution >= 4 is 28.3 Å². The first-order valence-corrected chi connectivity index (χ1v) is 8.80. The lowest BCUT2D eigenvalue weighted by atomic mass is 9.84. The first-order valence-electron chi connectivity index (χ1n) is 8.42. The van der Waals surface area contributed by atoms with E-state index in [2.05, 4.69) is 4.98 Å². The van der Waals surface area contributed by atoms with Gasteiger partial charge in [-0.1, -0.05) is 78.3 Å². The minimum atomic E-state index is -0.463. The van der Waals surface area contributed by atoms with Gasteiger partial charge in [-0.15, -0.1) is 0 Å². The van der Waals surface area contributed by atoms with Crippen molar-refractivity contribution in [1.82, 2.24) is 4.98 Å². The molecule has 4 rings (SSSR count). The first-order chi connectivity index (χ1) is 12.7. The Morgan fingerprint density at radius 3 is 2.27 bits per heavy atom. The van der Waals surface area contributed by atoms with Crippen molar-refractivity contribution in [2.45, 2.75) is 5.92 Å². The molecule has 4 aromatic rings. The zero-order chi connectivity index (χ0) is 17.9. The van der Waals surface area contributed by atoms with Crippen LogP contribution in [0.1, 0.15) is 27.4 Å². The summed E-state index contributed by atoms with van der Waals surface area (Å²) in [6.07, 6.45) is 1.74. The molecular formula is C23H16ClNO. The van der Waals surface area contributed by atoms with E-state index < -0.39 is 5.92 Å². The van der Waals surface area contributed by atoms with E-state index in [1.807, 2.05) is 84.9 Å². The molecule has 0 aliphatic rings. The summed E-state index contributed by atoms with van der Waals surface area (Å²) >= 11 is 6.37. The topological polar surface area (TPSA) is 30.0 Å². The normalized spacial score (nSPS) is 12.0. The van der Waals surface area contributed by atoms with Crippen LogP contribution in [0.2, 0.25) is 5.02 Å². The fraction of sp³-hybridized carbons (Fsp3) is 0.0435. The molecule has 0 aliphatic carbocycles. The molecule has 0 radical (unpaired) electrons. The van der Waals surface area contributed by atoms with Crippen LogP contribution in [0.4, 0.5) is 0 Å². The Labute approximate surface area is 157 Å². The summed E-state index contributed by atoms with van der Waals surface area (Å²) in [7, 11) is 0. The highest BCUT2D eigenvalue weighted by molar-refractivity contribution is 6.31. The van der Waals surface area contributed by atoms with Crippen molar-refractivity contribution < 1.29 is 4.79 Å². The predicted octanol–water partition coefficient (Wildman–Crippen LogP) is 5.90. The molecule has 2 nitrogen and oxygen atoms in total. The monoisotopic (exact) mass is 357 g/mol. The molecule has 0 saturated heterocycles. The number of rotatable bonds is 4. The first kappa shape index (κ1) is 16.5. The van der Waals surface area contributed by atoms with Crippen LogP contribution < -0.4 is 0 Å². The van der Waals surface area contributed by atoms with Gasteiger partial charge in [0.25, 0.3) is 0 Å². The van der Waals surface area contributed by atoms with Gasteiger partial charge in [0, 0.05) is 22.2 Å². The van der Waals surface area contributed by atoms with E-state index in [1.165, 1.54) is 0 Å². The van der Waals surface area contributed by atoms with Crippen LogP contribution in [0, 0.1) is 0 Å². The van der Waals surface area contributed by atoms with Crippen LogP contribution in [0.25, 0.3) is 10.9 Å². The van der Waals surface area contributed by atoms with Gasteiger partial charge in [0.2, 0.25) is 0 Å². The average Bonchev–Trinajstić information content (AvgIpc) is 2.69. The third-order valence-corrected chi connectivity index (χ3v) is 4.68. The number of Topliss-reactive ketones (excluding diaryl/α,β-unsaturated/α-hetero) is 1. The van der Waals surface area contributed by atoms with Crippen LogP contribution in [0.15, 0.2) is 91.1 Å². The van der Waals surface area contributed by atoms with Gasteiger partial charge < -0.3 is 0 Å². The lowest BCUT2D eigenvalue weighted by Gasteiger charge is -2.19. The average molecular weight is 358 g/mol. The van der Waals surface area contributed by atoms with Crippen LogP contribution in [0.5, 0.6) is 0 Å². The van der Waals surface area contributed by atoms with Crippen LogP contribution in [-0.2, 0) is 0 Å². The molecule has 26 heavy (non-hydrogen) atoms. The van der Waals surface area contributed by atoms with E-state index >= 15 is 0 Å². The van der Waals surface area contributed by atoms with Crippen molar-refractivity contribution in [3.05, 3.63) is 113 Å². The summed E-state index contributed by atoms with van der Waals surface area (Å²) in [5.74, 6) is -0.430. The molecule has 1 aromatic heterocycles. The summed E-state index contributed by atoms with van der Waals surface area (Å²) in [5, 5.41) is 1.53. The summed E-state index contributed by atoms with van der Waals surface area (Å²) in [6.45, 7) is 0. The van der Waals surface area contributed by atoms with Gasteiger partial charge >= 0.3 is 0 Å². The van der Waals surface area contributed by atoms with Crippen molar-refractivity contribution in [2.75, 3.05) is 0 Å². The quantitative estimate of drug-likeness (QED) is 0.425. The lowest BCUT2D eigenvalue weighted by molar-refractivity contribution is 0.0974. The Morgan fingerprint density at radius 1 is 0.846 bits per heavy atom. The Morgan fingerprint density at radius 2 is 1.54 bits per heavy atom. The number of ketones is 1. The molecule has 1 unspecified atom stereocenters. The Bertz CT molecular complexity index is 1060. The minimum Gasteiger partial charge on any atom is -0.293 e. The van der Waals surface area contributed by atoms with Gasteiger partial charge in [0.1, 0.15) is 0 Å². The number of carbonyl (C=O) groups is 1. The maximum absolute atomic E-state index is 13.4. The standard InChI is InChI=1S/C23H16ClNO/c24-19-14-18-12-7-13-25-22(18)20(15-19)21(16-8-3-1-4-9-16)23(26)17-10-5-2-6-11-17/h1-15,21H. The van der Waals surface area contributed by atoms with Crippen molar-refractivity contribution in [3.8, 4) is 0 Å². The van der Waals surface area contributed by atoms with E-state index in [0.717, 1.165) is 22.0 Å². The molecular weight excluding hydrogens is 342 g/mol. The zero-order valence-corrected chi connectivity index (χ0v) is 14.7. The highest BCUT2D eigenvalue weighted by Crippen LogP contribution is 2.34. The Hall–Kier alpha value is -2.97. The molecule has 0 saturated carbocycles. The second kappa shape index (κ2) is 7.11. The number of benzene rings is 3. The van der Waals surface area contributed by atoms with E-state index in [-0.39, 0.29) is 5.78 Å². The molecule has 0 amide bonds. The molecule has 126 valence electrons. The van der Waals surface area contributed by atoms with E-state index in [0.29, 0.717) is 10.6 Å². The van der Waals surface area contributed by atoms with Gasteiger partial charge in [-0.05, 0) is 29.3 Å². The smallest absolute Gasteiger partial charge is 0.174 e. The summed E-state index contributed by atoms with van der Waals surface area (Å²) in [5.41, 5.74) is 3.23. The van der Waals surface area contributed by atoms with E-state index in [1.54, 1.807) is 6.20 Å². The highest BCUT2D eigenvalue weighted by Gasteiger charge is 2.26. The minimum absolute atomic E-state index is 0.0334. The number of carbonyl (C=O) groups excluding carboxylic acids is 1. The second-order valence-electron chi connectivity index (χ2n) is 6.14. The summed E-state index contributed by atoms with van der Waals surface area (Å²) in [4.78, 5) is 18.0. The fourth-order valence-corrected chi connectivity index (χ4v) is 3.52. The second-order valence-corrected chi connectivity index (χ2v) is 6.58. The van der Waals surface area contributed by atoms with Crippen molar-refractivity contribution in [1.29, 1.82) is 0 Å². The van der Waals surface area contributed by atoms with Crippen molar-refractivity contribution in [2.24, 2.45) is 0 Å². The molecule has 0 spiro atoms. The molecule has 1 atom stereocenters. The number of aromatic nitrogens is 1. The summed E-state index contributed by atoms with van der Waals surface area (Å²) < 4.78 is 0. The van der Waals surface area contributed by atoms with Gasteiger partial charge in [0.15, 0.2) is 5.78 Å². The van der Waals surface area contributed by atoms with Crippen LogP contribution in [0.3, 0.4) is 0 Å². The molecule has 3 heteroatoms. The SMILES string of the molecule is O=C(c1ccccc1)C(c1ccccc1)c1cc(Cl)cc2cccnc12. The molecule has 0 aliphatic heterocycles. The number of nitrogens with zero attached hydrogens (tertiary/aromatic N) is 1. The number of halogens is 1. The molecule has 1 heterocycles. The zero-order valence-electron chi connectivity index (χ0n) is 14.0. The largest absolute Gasteiger partial charge is 0.293 e. The lowest BCUT2D eigenvalue weighted by Crippen LogP contribution is -2.15. The number of pyridine rings is 1. The van der Waals surface area contributed by atoms with E-state index in [9.17, 15) is 4.79 Å². The number of fused-ring (bicyclic) bond motifs is 1. The molecule has 3 aromatic carbocycles. The third-order valence-electron chi connectivity index (χ3n) is 4.46. The molecule has 0 fully saturated rings. The molecule has 0 N–H and O–H groups in total. The predicted molar refractivity (Wildman–Crippen MR) is 106 cm³/mol. The summed E-state index contributed by atoms with van der Waals surface area (Å²) in [6, 6.07) is 26.7. The van der Waals surface area contributed by atoms with Gasteiger partial charge in [-0.3, -0.25) is 9.78 Å². The maximum atomic E-state index is 13.4. The highest BCUT2D eigenvalue weighted by atomic mass is 35.5. The van der Waals surface area contributed by atoms with Gasteiger partial charge in [-0.2, -0.15) is 0 Å². The maximum Gasteiger partial charge on any atom is 0.174 e. The van der Waals surface area contributed by atoms with Gasteiger partial charge in [-0.25, -0.2) is 0 Å². The number of hydrogen-bond donors (Lipinski definition) is 0. The molecule has 0 bridgehead atoms. The fourth-order valence-electron chi connectivity index (χ4n) is 3.29.